The van der Waals surface area contributed by atoms with E-state index in [2.05, 4.69) is 20.6 Å². The first-order chi connectivity index (χ1) is 13.5. The molecule has 2 amide bonds. The third-order valence-corrected chi connectivity index (χ3v) is 4.65. The average Bonchev–Trinajstić information content (AvgIpc) is 2.63. The van der Waals surface area contributed by atoms with Crippen LogP contribution in [0.3, 0.4) is 0 Å². The highest BCUT2D eigenvalue weighted by molar-refractivity contribution is 5.93. The van der Waals surface area contributed by atoms with Gasteiger partial charge in [-0.1, -0.05) is 18.2 Å². The minimum absolute atomic E-state index is 0.0432. The molecule has 1 saturated carbocycles. The molecule has 2 aromatic rings. The van der Waals surface area contributed by atoms with E-state index in [0.717, 1.165) is 18.5 Å². The number of carbonyl (C=O) groups excluding carboxylic acids is 2. The van der Waals surface area contributed by atoms with Gasteiger partial charge in [-0.2, -0.15) is 0 Å². The molecule has 0 saturated heterocycles. The van der Waals surface area contributed by atoms with Crippen molar-refractivity contribution in [2.45, 2.75) is 44.2 Å². The van der Waals surface area contributed by atoms with E-state index in [1.54, 1.807) is 19.2 Å². The third-order valence-electron chi connectivity index (χ3n) is 4.65. The zero-order valence-corrected chi connectivity index (χ0v) is 15.7. The van der Waals surface area contributed by atoms with Gasteiger partial charge in [-0.3, -0.25) is 14.4 Å². The van der Waals surface area contributed by atoms with Gasteiger partial charge < -0.3 is 20.4 Å². The van der Waals surface area contributed by atoms with Crippen LogP contribution in [0.15, 0.2) is 41.2 Å². The Morgan fingerprint density at radius 2 is 1.89 bits per heavy atom. The third kappa shape index (κ3) is 5.50. The number of aromatic amines is 1. The van der Waals surface area contributed by atoms with Gasteiger partial charge in [0.25, 0.3) is 5.56 Å². The molecule has 0 radical (unpaired) electrons. The number of ether oxygens (including phenoxy) is 1. The second-order valence-electron chi connectivity index (χ2n) is 6.90. The molecule has 1 fully saturated rings. The molecule has 0 unspecified atom stereocenters. The zero-order chi connectivity index (χ0) is 19.9. The standard InChI is InChI=1S/C20H24N4O4/c1-28-12-17-23-16(11-20(27)24-17)13-9-15(10-13)22-19(26)8-7-18(25)21-14-5-3-2-4-6-14/h2-6,11,13,15H,7-10,12H2,1H3,(H,21,25)(H,22,26)(H,23,24,27). The highest BCUT2D eigenvalue weighted by atomic mass is 16.5. The Morgan fingerprint density at radius 1 is 1.18 bits per heavy atom. The van der Waals surface area contributed by atoms with E-state index in [4.69, 9.17) is 4.74 Å². The van der Waals surface area contributed by atoms with Crippen molar-refractivity contribution in [2.75, 3.05) is 12.4 Å². The Hall–Kier alpha value is -3.00. The van der Waals surface area contributed by atoms with E-state index in [1.165, 1.54) is 6.07 Å². The summed E-state index contributed by atoms with van der Waals surface area (Å²) in [6.45, 7) is 0.251. The van der Waals surface area contributed by atoms with Crippen LogP contribution >= 0.6 is 0 Å². The van der Waals surface area contributed by atoms with Crippen molar-refractivity contribution >= 4 is 17.5 Å². The molecular weight excluding hydrogens is 360 g/mol. The predicted octanol–water partition coefficient (Wildman–Crippen LogP) is 1.70. The van der Waals surface area contributed by atoms with Gasteiger partial charge in [-0.05, 0) is 25.0 Å². The van der Waals surface area contributed by atoms with Gasteiger partial charge in [-0.25, -0.2) is 4.98 Å². The van der Waals surface area contributed by atoms with E-state index >= 15 is 0 Å². The number of hydrogen-bond donors (Lipinski definition) is 3. The fourth-order valence-electron chi connectivity index (χ4n) is 3.19. The normalized spacial score (nSPS) is 18.2. The van der Waals surface area contributed by atoms with Crippen LogP contribution in [-0.4, -0.2) is 34.9 Å². The minimum atomic E-state index is -0.200. The van der Waals surface area contributed by atoms with E-state index in [1.807, 2.05) is 18.2 Å². The van der Waals surface area contributed by atoms with Crippen LogP contribution in [0, 0.1) is 0 Å². The van der Waals surface area contributed by atoms with Gasteiger partial charge in [-0.15, -0.1) is 0 Å². The maximum Gasteiger partial charge on any atom is 0.251 e. The van der Waals surface area contributed by atoms with Crippen LogP contribution in [0.5, 0.6) is 0 Å². The molecule has 1 aromatic heterocycles. The van der Waals surface area contributed by atoms with Gasteiger partial charge in [0.05, 0.1) is 5.69 Å². The molecule has 0 spiro atoms. The topological polar surface area (TPSA) is 113 Å². The first-order valence-electron chi connectivity index (χ1n) is 9.27. The maximum atomic E-state index is 12.1. The molecule has 0 bridgehead atoms. The summed E-state index contributed by atoms with van der Waals surface area (Å²) in [6.07, 6.45) is 1.73. The smallest absolute Gasteiger partial charge is 0.251 e. The molecule has 28 heavy (non-hydrogen) atoms. The van der Waals surface area contributed by atoms with Crippen molar-refractivity contribution < 1.29 is 14.3 Å². The highest BCUT2D eigenvalue weighted by Gasteiger charge is 2.32. The summed E-state index contributed by atoms with van der Waals surface area (Å²) in [5, 5.41) is 5.69. The Labute approximate surface area is 162 Å². The van der Waals surface area contributed by atoms with Crippen molar-refractivity contribution in [1.82, 2.24) is 15.3 Å². The van der Waals surface area contributed by atoms with Gasteiger partial charge in [0.15, 0.2) is 0 Å². The van der Waals surface area contributed by atoms with Crippen LogP contribution in [0.2, 0.25) is 0 Å². The highest BCUT2D eigenvalue weighted by Crippen LogP contribution is 2.35. The second kappa shape index (κ2) is 9.27. The van der Waals surface area contributed by atoms with Crippen molar-refractivity contribution in [3.63, 3.8) is 0 Å². The number of amides is 2. The Kier molecular flexibility index (Phi) is 6.54. The van der Waals surface area contributed by atoms with Gasteiger partial charge in [0, 0.05) is 43.7 Å². The molecule has 1 aromatic carbocycles. The Morgan fingerprint density at radius 3 is 2.61 bits per heavy atom. The summed E-state index contributed by atoms with van der Waals surface area (Å²) >= 11 is 0. The Balaban J connectivity index is 1.40. The first kappa shape index (κ1) is 19.8. The SMILES string of the molecule is COCc1nc(C2CC(NC(=O)CCC(=O)Nc3ccccc3)C2)cc(=O)[nH]1. The summed E-state index contributed by atoms with van der Waals surface area (Å²) in [5.41, 5.74) is 1.24. The van der Waals surface area contributed by atoms with Crippen LogP contribution in [0.25, 0.3) is 0 Å². The van der Waals surface area contributed by atoms with Gasteiger partial charge in [0.2, 0.25) is 11.8 Å². The average molecular weight is 384 g/mol. The molecule has 148 valence electrons. The van der Waals surface area contributed by atoms with E-state index < -0.39 is 0 Å². The van der Waals surface area contributed by atoms with Crippen LogP contribution in [0.1, 0.15) is 43.1 Å². The van der Waals surface area contributed by atoms with Crippen LogP contribution < -0.4 is 16.2 Å². The lowest BCUT2D eigenvalue weighted by atomic mass is 9.78. The van der Waals surface area contributed by atoms with Crippen molar-refractivity contribution in [2.24, 2.45) is 0 Å². The van der Waals surface area contributed by atoms with Crippen LogP contribution in [-0.2, 0) is 20.9 Å². The molecule has 1 aliphatic carbocycles. The Bertz CT molecular complexity index is 875. The molecule has 8 heteroatoms. The largest absolute Gasteiger partial charge is 0.377 e. The molecule has 1 aliphatic rings. The van der Waals surface area contributed by atoms with E-state index in [0.29, 0.717) is 11.5 Å². The summed E-state index contributed by atoms with van der Waals surface area (Å²) in [7, 11) is 1.54. The van der Waals surface area contributed by atoms with Crippen molar-refractivity contribution in [1.29, 1.82) is 0 Å². The zero-order valence-electron chi connectivity index (χ0n) is 15.7. The number of benzene rings is 1. The number of aromatic nitrogens is 2. The lowest BCUT2D eigenvalue weighted by molar-refractivity contribution is -0.125. The predicted molar refractivity (Wildman–Crippen MR) is 104 cm³/mol. The molecular formula is C20H24N4O4. The summed E-state index contributed by atoms with van der Waals surface area (Å²) in [5.74, 6) is 0.309. The minimum Gasteiger partial charge on any atom is -0.377 e. The molecule has 3 rings (SSSR count). The number of anilines is 1. The number of para-hydroxylation sites is 1. The maximum absolute atomic E-state index is 12.1. The van der Waals surface area contributed by atoms with Crippen molar-refractivity contribution in [3.05, 3.63) is 58.3 Å². The lowest BCUT2D eigenvalue weighted by Gasteiger charge is -2.35. The monoisotopic (exact) mass is 384 g/mol. The number of nitrogens with one attached hydrogen (secondary N) is 3. The number of rotatable bonds is 8. The second-order valence-corrected chi connectivity index (χ2v) is 6.90. The van der Waals surface area contributed by atoms with E-state index in [-0.39, 0.29) is 48.8 Å². The molecule has 0 atom stereocenters. The lowest BCUT2D eigenvalue weighted by Crippen LogP contribution is -2.44. The number of hydrogen-bond acceptors (Lipinski definition) is 5. The molecule has 3 N–H and O–H groups in total. The number of nitrogens with zero attached hydrogens (tertiary/aromatic N) is 1. The fourth-order valence-corrected chi connectivity index (χ4v) is 3.19. The number of methoxy groups -OCH3 is 1. The molecule has 8 nitrogen and oxygen atoms in total. The first-order valence-corrected chi connectivity index (χ1v) is 9.27. The quantitative estimate of drug-likeness (QED) is 0.641. The molecule has 1 heterocycles. The summed E-state index contributed by atoms with van der Waals surface area (Å²) in [6, 6.07) is 10.7. The van der Waals surface area contributed by atoms with Gasteiger partial charge >= 0.3 is 0 Å². The molecule has 0 aliphatic heterocycles. The van der Waals surface area contributed by atoms with Crippen molar-refractivity contribution in [3.8, 4) is 0 Å². The number of carbonyl (C=O) groups is 2. The van der Waals surface area contributed by atoms with Gasteiger partial charge in [0.1, 0.15) is 12.4 Å². The number of H-pyrrole nitrogens is 1. The fraction of sp³-hybridized carbons (Fsp3) is 0.400. The summed E-state index contributed by atoms with van der Waals surface area (Å²) < 4.78 is 5.00. The summed E-state index contributed by atoms with van der Waals surface area (Å²) in [4.78, 5) is 42.7. The van der Waals surface area contributed by atoms with E-state index in [9.17, 15) is 14.4 Å². The van der Waals surface area contributed by atoms with Crippen LogP contribution in [0.4, 0.5) is 5.69 Å².